The number of hydrogen-bond donors (Lipinski definition) is 2. The van der Waals surface area contributed by atoms with E-state index in [0.717, 1.165) is 44.9 Å². The Kier molecular flexibility index (Phi) is 63.5. The van der Waals surface area contributed by atoms with Gasteiger partial charge in [0, 0.05) is 19.4 Å². The van der Waals surface area contributed by atoms with Gasteiger partial charge in [-0.3, -0.25) is 18.6 Å². The summed E-state index contributed by atoms with van der Waals surface area (Å²) < 4.78 is 33.2. The van der Waals surface area contributed by atoms with E-state index in [9.17, 15) is 19.0 Å². The summed E-state index contributed by atoms with van der Waals surface area (Å²) in [6.45, 7) is 3.78. The zero-order valence-electron chi connectivity index (χ0n) is 52.1. The molecule has 0 heterocycles. The number of esters is 2. The molecule has 0 aromatic rings. The number of ether oxygens (including phenoxy) is 2. The fourth-order valence-corrected chi connectivity index (χ4v) is 10.9. The fourth-order valence-electron chi connectivity index (χ4n) is 10.1. The van der Waals surface area contributed by atoms with Gasteiger partial charge in [-0.1, -0.05) is 306 Å². The van der Waals surface area contributed by atoms with Crippen LogP contribution in [0.15, 0.2) is 48.6 Å². The monoisotopic (exact) mass is 1130 g/mol. The van der Waals surface area contributed by atoms with Crippen molar-refractivity contribution in [3.05, 3.63) is 48.6 Å². The van der Waals surface area contributed by atoms with Gasteiger partial charge in [0.15, 0.2) is 6.10 Å². The van der Waals surface area contributed by atoms with Gasteiger partial charge < -0.3 is 20.1 Å². The van der Waals surface area contributed by atoms with E-state index in [-0.39, 0.29) is 38.6 Å². The fraction of sp³-hybridized carbons (Fsp3) is 0.855. The van der Waals surface area contributed by atoms with Gasteiger partial charge in [0.2, 0.25) is 0 Å². The van der Waals surface area contributed by atoms with Crippen LogP contribution < -0.4 is 5.73 Å². The van der Waals surface area contributed by atoms with E-state index >= 15 is 0 Å². The molecule has 0 aliphatic carbocycles. The van der Waals surface area contributed by atoms with Crippen molar-refractivity contribution in [3.8, 4) is 0 Å². The van der Waals surface area contributed by atoms with Crippen molar-refractivity contribution >= 4 is 19.8 Å². The molecule has 0 rings (SSSR count). The van der Waals surface area contributed by atoms with Gasteiger partial charge in [-0.15, -0.1) is 0 Å². The number of phosphoric acid groups is 1. The molecule has 0 saturated carbocycles. The lowest BCUT2D eigenvalue weighted by Gasteiger charge is -2.19. The second-order valence-electron chi connectivity index (χ2n) is 23.0. The smallest absolute Gasteiger partial charge is 0.462 e. The summed E-state index contributed by atoms with van der Waals surface area (Å²) in [6.07, 6.45) is 82.0. The van der Waals surface area contributed by atoms with Crippen LogP contribution in [0.4, 0.5) is 0 Å². The van der Waals surface area contributed by atoms with Gasteiger partial charge in [-0.2, -0.15) is 0 Å². The number of rotatable bonds is 65. The third-order valence-electron chi connectivity index (χ3n) is 15.2. The summed E-state index contributed by atoms with van der Waals surface area (Å²) in [5.74, 6) is -0.809. The number of hydrogen-bond acceptors (Lipinski definition) is 8. The van der Waals surface area contributed by atoms with Gasteiger partial charge in [0.25, 0.3) is 0 Å². The predicted molar refractivity (Wildman–Crippen MR) is 340 cm³/mol. The Balaban J connectivity index is 3.85. The molecule has 0 aliphatic rings. The quantitative estimate of drug-likeness (QED) is 0.0264. The highest BCUT2D eigenvalue weighted by Crippen LogP contribution is 2.43. The van der Waals surface area contributed by atoms with Crippen molar-refractivity contribution in [2.24, 2.45) is 5.73 Å². The van der Waals surface area contributed by atoms with Crippen LogP contribution in [0.25, 0.3) is 0 Å². The van der Waals surface area contributed by atoms with Crippen LogP contribution >= 0.6 is 7.82 Å². The van der Waals surface area contributed by atoms with Crippen molar-refractivity contribution in [1.29, 1.82) is 0 Å². The third kappa shape index (κ3) is 65.0. The summed E-state index contributed by atoms with van der Waals surface area (Å²) >= 11 is 0. The van der Waals surface area contributed by atoms with Crippen LogP contribution in [0.2, 0.25) is 0 Å². The van der Waals surface area contributed by atoms with Crippen LogP contribution in [0.3, 0.4) is 0 Å². The molecule has 0 spiro atoms. The third-order valence-corrected chi connectivity index (χ3v) is 16.2. The first kappa shape index (κ1) is 77.0. The first-order valence-electron chi connectivity index (χ1n) is 34.1. The second kappa shape index (κ2) is 65.1. The number of allylic oxidation sites excluding steroid dienone is 8. The van der Waals surface area contributed by atoms with E-state index in [2.05, 4.69) is 62.5 Å². The lowest BCUT2D eigenvalue weighted by atomic mass is 10.0. The molecule has 0 bridgehead atoms. The van der Waals surface area contributed by atoms with E-state index < -0.39 is 26.5 Å². The molecule has 2 unspecified atom stereocenters. The highest BCUT2D eigenvalue weighted by Gasteiger charge is 2.26. The molecular weight excluding hydrogens is 1000 g/mol. The lowest BCUT2D eigenvalue weighted by Crippen LogP contribution is -2.29. The second-order valence-corrected chi connectivity index (χ2v) is 24.5. The Bertz CT molecular complexity index is 1430. The van der Waals surface area contributed by atoms with Crippen molar-refractivity contribution in [1.82, 2.24) is 0 Å². The molecular formula is C69H130NO8P. The molecule has 0 fully saturated rings. The van der Waals surface area contributed by atoms with Gasteiger partial charge in [0.05, 0.1) is 13.2 Å². The van der Waals surface area contributed by atoms with Crippen molar-refractivity contribution in [2.45, 2.75) is 354 Å². The first-order chi connectivity index (χ1) is 38.8. The number of unbranched alkanes of at least 4 members (excludes halogenated alkanes) is 44. The van der Waals surface area contributed by atoms with Crippen LogP contribution in [0, 0.1) is 0 Å². The molecule has 9 nitrogen and oxygen atoms in total. The molecule has 0 saturated heterocycles. The molecule has 3 N–H and O–H groups in total. The van der Waals surface area contributed by atoms with E-state index in [1.807, 2.05) is 0 Å². The minimum atomic E-state index is -4.39. The molecule has 2 atom stereocenters. The standard InChI is InChI=1S/C69H130NO8P/c1-3-5-7-9-11-13-15-17-19-21-23-25-27-29-31-33-35-37-39-41-43-45-47-49-51-53-55-57-59-61-68(71)75-65-67(66-77-79(73,74)76-64-63-70)78-69(72)62-60-58-56-54-52-50-48-46-44-42-40-38-36-34-32-30-28-26-24-22-20-18-16-14-12-10-8-6-4-2/h15-18,21-24,67H,3-14,19-20,25-66,70H2,1-2H3,(H,73,74)/b17-15-,18-16-,23-21-,24-22-. The normalized spacial score (nSPS) is 13.2. The topological polar surface area (TPSA) is 134 Å². The summed E-state index contributed by atoms with van der Waals surface area (Å²) in [7, 11) is -4.39. The zero-order chi connectivity index (χ0) is 57.3. The average molecular weight is 1130 g/mol. The van der Waals surface area contributed by atoms with Crippen molar-refractivity contribution in [3.63, 3.8) is 0 Å². The predicted octanol–water partition coefficient (Wildman–Crippen LogP) is 22.1. The van der Waals surface area contributed by atoms with Gasteiger partial charge in [0.1, 0.15) is 6.61 Å². The zero-order valence-corrected chi connectivity index (χ0v) is 53.0. The maximum Gasteiger partial charge on any atom is 0.472 e. The highest BCUT2D eigenvalue weighted by molar-refractivity contribution is 7.47. The lowest BCUT2D eigenvalue weighted by molar-refractivity contribution is -0.161. The summed E-state index contributed by atoms with van der Waals surface area (Å²) in [6, 6.07) is 0. The largest absolute Gasteiger partial charge is 0.472 e. The number of phosphoric ester groups is 1. The number of carbonyl (C=O) groups excluding carboxylic acids is 2. The van der Waals surface area contributed by atoms with Crippen LogP contribution in [0.1, 0.15) is 348 Å². The summed E-state index contributed by atoms with van der Waals surface area (Å²) in [4.78, 5) is 35.3. The van der Waals surface area contributed by atoms with E-state index in [1.54, 1.807) is 0 Å². The molecule has 79 heavy (non-hydrogen) atoms. The number of nitrogens with two attached hydrogens (primary N) is 1. The van der Waals surface area contributed by atoms with Crippen LogP contribution in [0.5, 0.6) is 0 Å². The van der Waals surface area contributed by atoms with Crippen molar-refractivity contribution < 1.29 is 37.6 Å². The molecule has 10 heteroatoms. The van der Waals surface area contributed by atoms with Crippen LogP contribution in [-0.2, 0) is 32.7 Å². The average Bonchev–Trinajstić information content (AvgIpc) is 3.44. The minimum Gasteiger partial charge on any atom is -0.462 e. The Morgan fingerprint density at radius 2 is 0.658 bits per heavy atom. The first-order valence-corrected chi connectivity index (χ1v) is 35.6. The summed E-state index contributed by atoms with van der Waals surface area (Å²) in [5.41, 5.74) is 5.40. The molecule has 464 valence electrons. The van der Waals surface area contributed by atoms with Gasteiger partial charge in [-0.25, -0.2) is 4.57 Å². The molecule has 0 aliphatic heterocycles. The minimum absolute atomic E-state index is 0.0548. The number of carbonyl (C=O) groups is 2. The SMILES string of the molecule is CCCCCCC/C=C\C/C=C\CCCCCCCCCCCCCCCCCCCC(=O)OCC(COP(=O)(O)OCCN)OC(=O)CCCCCCCCCCCCCCCCCCC/C=C\C/C=C\CCCCCCC. The summed E-state index contributed by atoms with van der Waals surface area (Å²) in [5, 5.41) is 0. The van der Waals surface area contributed by atoms with Gasteiger partial charge in [-0.05, 0) is 77.0 Å². The molecule has 0 aromatic carbocycles. The Morgan fingerprint density at radius 1 is 0.380 bits per heavy atom. The van der Waals surface area contributed by atoms with Crippen molar-refractivity contribution in [2.75, 3.05) is 26.4 Å². The van der Waals surface area contributed by atoms with Crippen LogP contribution in [-0.4, -0.2) is 49.3 Å². The van der Waals surface area contributed by atoms with E-state index in [4.69, 9.17) is 24.3 Å². The Labute approximate surface area is 489 Å². The molecule has 0 radical (unpaired) electrons. The Morgan fingerprint density at radius 3 is 0.962 bits per heavy atom. The highest BCUT2D eigenvalue weighted by atomic mass is 31.2. The van der Waals surface area contributed by atoms with E-state index in [1.165, 1.54) is 270 Å². The maximum absolute atomic E-state index is 12.8. The van der Waals surface area contributed by atoms with E-state index in [0.29, 0.717) is 6.42 Å². The maximum atomic E-state index is 12.8. The Hall–Kier alpha value is -2.03. The van der Waals surface area contributed by atoms with Gasteiger partial charge >= 0.3 is 19.8 Å². The molecule has 0 amide bonds. The molecule has 0 aromatic heterocycles.